The summed E-state index contributed by atoms with van der Waals surface area (Å²) >= 11 is 6.05. The molecule has 0 rings (SSSR count). The Bertz CT molecular complexity index is 105. The summed E-state index contributed by atoms with van der Waals surface area (Å²) in [5, 5.41) is 0.288. The summed E-state index contributed by atoms with van der Waals surface area (Å²) in [5.41, 5.74) is 0.399. The standard InChI is InChI=1S/C10H21Cl/c1-6-7-10(4,5)8(2)9(3)11/h8-9H,6-7H2,1-5H3. The van der Waals surface area contributed by atoms with Crippen LogP contribution in [0.2, 0.25) is 0 Å². The van der Waals surface area contributed by atoms with Gasteiger partial charge in [0, 0.05) is 5.38 Å². The molecule has 0 saturated carbocycles. The van der Waals surface area contributed by atoms with Gasteiger partial charge in [-0.2, -0.15) is 0 Å². The van der Waals surface area contributed by atoms with E-state index in [0.29, 0.717) is 11.3 Å². The molecule has 0 bridgehead atoms. The van der Waals surface area contributed by atoms with Crippen LogP contribution in [0.3, 0.4) is 0 Å². The Morgan fingerprint density at radius 1 is 1.27 bits per heavy atom. The topological polar surface area (TPSA) is 0 Å². The number of hydrogen-bond acceptors (Lipinski definition) is 0. The molecule has 68 valence electrons. The molecule has 1 heteroatoms. The van der Waals surface area contributed by atoms with Gasteiger partial charge in [-0.25, -0.2) is 0 Å². The molecule has 0 spiro atoms. The molecule has 0 aromatic rings. The first-order chi connectivity index (χ1) is 4.91. The first-order valence-corrected chi connectivity index (χ1v) is 4.99. The molecule has 0 radical (unpaired) electrons. The lowest BCUT2D eigenvalue weighted by Crippen LogP contribution is -2.27. The lowest BCUT2D eigenvalue weighted by Gasteiger charge is -2.33. The molecular formula is C10H21Cl. The average molecular weight is 177 g/mol. The van der Waals surface area contributed by atoms with Crippen LogP contribution in [-0.4, -0.2) is 5.38 Å². The van der Waals surface area contributed by atoms with Crippen LogP contribution in [0.5, 0.6) is 0 Å². The SMILES string of the molecule is CCCC(C)(C)C(C)C(C)Cl. The second kappa shape index (κ2) is 4.35. The van der Waals surface area contributed by atoms with Crippen molar-refractivity contribution < 1.29 is 0 Å². The van der Waals surface area contributed by atoms with Gasteiger partial charge in [-0.15, -0.1) is 11.6 Å². The first kappa shape index (κ1) is 11.3. The molecule has 0 saturated heterocycles. The van der Waals surface area contributed by atoms with Crippen molar-refractivity contribution in [2.24, 2.45) is 11.3 Å². The summed E-state index contributed by atoms with van der Waals surface area (Å²) < 4.78 is 0. The predicted octanol–water partition coefficient (Wildman–Crippen LogP) is 4.08. The van der Waals surface area contributed by atoms with Crippen molar-refractivity contribution in [3.63, 3.8) is 0 Å². The maximum Gasteiger partial charge on any atom is 0.0338 e. The summed E-state index contributed by atoms with van der Waals surface area (Å²) in [4.78, 5) is 0. The summed E-state index contributed by atoms with van der Waals surface area (Å²) in [6.07, 6.45) is 2.52. The van der Waals surface area contributed by atoms with Crippen LogP contribution >= 0.6 is 11.6 Å². The molecule has 2 unspecified atom stereocenters. The molecule has 0 fully saturated rings. The number of hydrogen-bond donors (Lipinski definition) is 0. The third kappa shape index (κ3) is 3.46. The third-order valence-electron chi connectivity index (χ3n) is 2.82. The minimum Gasteiger partial charge on any atom is -0.123 e. The van der Waals surface area contributed by atoms with Gasteiger partial charge in [0.1, 0.15) is 0 Å². The smallest absolute Gasteiger partial charge is 0.0338 e. The third-order valence-corrected chi connectivity index (χ3v) is 3.19. The number of alkyl halides is 1. The van der Waals surface area contributed by atoms with Gasteiger partial charge < -0.3 is 0 Å². The molecule has 0 aromatic heterocycles. The molecule has 2 atom stereocenters. The molecule has 0 heterocycles. The Morgan fingerprint density at radius 3 is 2.00 bits per heavy atom. The fourth-order valence-electron chi connectivity index (χ4n) is 1.49. The normalized spacial score (nSPS) is 18.0. The molecule has 0 aromatic carbocycles. The second-order valence-corrected chi connectivity index (χ2v) is 4.89. The van der Waals surface area contributed by atoms with Crippen LogP contribution in [0.25, 0.3) is 0 Å². The minimum atomic E-state index is 0.288. The highest BCUT2D eigenvalue weighted by molar-refractivity contribution is 6.20. The molecule has 0 aliphatic rings. The highest BCUT2D eigenvalue weighted by Crippen LogP contribution is 2.35. The summed E-state index contributed by atoms with van der Waals surface area (Å²) in [6, 6.07) is 0. The van der Waals surface area contributed by atoms with Crippen molar-refractivity contribution in [2.75, 3.05) is 0 Å². The summed E-state index contributed by atoms with van der Waals surface area (Å²) in [6.45, 7) is 11.2. The average Bonchev–Trinajstić information content (AvgIpc) is 1.86. The Balaban J connectivity index is 4.05. The Morgan fingerprint density at radius 2 is 1.73 bits per heavy atom. The monoisotopic (exact) mass is 176 g/mol. The Kier molecular flexibility index (Phi) is 4.46. The number of rotatable bonds is 4. The van der Waals surface area contributed by atoms with Gasteiger partial charge >= 0.3 is 0 Å². The molecular weight excluding hydrogens is 156 g/mol. The maximum atomic E-state index is 6.05. The van der Waals surface area contributed by atoms with Crippen LogP contribution in [-0.2, 0) is 0 Å². The molecule has 0 aliphatic carbocycles. The second-order valence-electron chi connectivity index (χ2n) is 4.20. The zero-order valence-corrected chi connectivity index (χ0v) is 9.20. The highest BCUT2D eigenvalue weighted by Gasteiger charge is 2.27. The van der Waals surface area contributed by atoms with Crippen molar-refractivity contribution in [1.82, 2.24) is 0 Å². The molecule has 0 N–H and O–H groups in total. The van der Waals surface area contributed by atoms with Gasteiger partial charge in [0.15, 0.2) is 0 Å². The Labute approximate surface area is 76.3 Å². The fraction of sp³-hybridized carbons (Fsp3) is 1.00. The van der Waals surface area contributed by atoms with E-state index in [1.165, 1.54) is 12.8 Å². The minimum absolute atomic E-state index is 0.288. The van der Waals surface area contributed by atoms with Crippen molar-refractivity contribution in [2.45, 2.75) is 52.8 Å². The van der Waals surface area contributed by atoms with E-state index in [-0.39, 0.29) is 5.38 Å². The van der Waals surface area contributed by atoms with E-state index in [4.69, 9.17) is 11.6 Å². The van der Waals surface area contributed by atoms with Crippen LogP contribution in [0.1, 0.15) is 47.5 Å². The number of halogens is 1. The van der Waals surface area contributed by atoms with Gasteiger partial charge in [-0.1, -0.05) is 34.1 Å². The van der Waals surface area contributed by atoms with Crippen LogP contribution in [0.4, 0.5) is 0 Å². The van der Waals surface area contributed by atoms with Gasteiger partial charge in [-0.05, 0) is 24.7 Å². The van der Waals surface area contributed by atoms with E-state index in [0.717, 1.165) is 0 Å². The van der Waals surface area contributed by atoms with Gasteiger partial charge in [0.2, 0.25) is 0 Å². The first-order valence-electron chi connectivity index (χ1n) is 4.56. The van der Waals surface area contributed by atoms with Gasteiger partial charge in [0.05, 0.1) is 0 Å². The zero-order valence-electron chi connectivity index (χ0n) is 8.45. The summed E-state index contributed by atoms with van der Waals surface area (Å²) in [5.74, 6) is 0.601. The molecule has 0 amide bonds. The van der Waals surface area contributed by atoms with Gasteiger partial charge in [0.25, 0.3) is 0 Å². The lowest BCUT2D eigenvalue weighted by molar-refractivity contribution is 0.207. The summed E-state index contributed by atoms with van der Waals surface area (Å²) in [7, 11) is 0. The van der Waals surface area contributed by atoms with E-state index in [1.54, 1.807) is 0 Å². The zero-order chi connectivity index (χ0) is 9.07. The van der Waals surface area contributed by atoms with E-state index in [1.807, 2.05) is 0 Å². The van der Waals surface area contributed by atoms with E-state index in [9.17, 15) is 0 Å². The largest absolute Gasteiger partial charge is 0.123 e. The van der Waals surface area contributed by atoms with E-state index in [2.05, 4.69) is 34.6 Å². The maximum absolute atomic E-state index is 6.05. The molecule has 11 heavy (non-hydrogen) atoms. The lowest BCUT2D eigenvalue weighted by atomic mass is 9.75. The van der Waals surface area contributed by atoms with Crippen molar-refractivity contribution in [3.8, 4) is 0 Å². The van der Waals surface area contributed by atoms with Gasteiger partial charge in [-0.3, -0.25) is 0 Å². The molecule has 0 nitrogen and oxygen atoms in total. The van der Waals surface area contributed by atoms with Crippen LogP contribution in [0, 0.1) is 11.3 Å². The van der Waals surface area contributed by atoms with E-state index >= 15 is 0 Å². The van der Waals surface area contributed by atoms with Crippen molar-refractivity contribution in [3.05, 3.63) is 0 Å². The van der Waals surface area contributed by atoms with Crippen molar-refractivity contribution >= 4 is 11.6 Å². The highest BCUT2D eigenvalue weighted by atomic mass is 35.5. The van der Waals surface area contributed by atoms with Crippen molar-refractivity contribution in [1.29, 1.82) is 0 Å². The fourth-order valence-corrected chi connectivity index (χ4v) is 1.83. The quantitative estimate of drug-likeness (QED) is 0.567. The predicted molar refractivity (Wildman–Crippen MR) is 53.2 cm³/mol. The van der Waals surface area contributed by atoms with Crippen LogP contribution in [0.15, 0.2) is 0 Å². The van der Waals surface area contributed by atoms with Crippen LogP contribution < -0.4 is 0 Å². The van der Waals surface area contributed by atoms with E-state index < -0.39 is 0 Å². The Hall–Kier alpha value is 0.290. The molecule has 0 aliphatic heterocycles.